The largest absolute Gasteiger partial charge is 0.497 e. The number of anilines is 1. The summed E-state index contributed by atoms with van der Waals surface area (Å²) in [5.74, 6) is 1.59. The average Bonchev–Trinajstić information content (AvgIpc) is 3.10. The second-order valence-corrected chi connectivity index (χ2v) is 8.83. The van der Waals surface area contributed by atoms with Crippen molar-refractivity contribution in [3.63, 3.8) is 0 Å². The van der Waals surface area contributed by atoms with Crippen molar-refractivity contribution in [3.05, 3.63) is 18.2 Å². The lowest BCUT2D eigenvalue weighted by Gasteiger charge is -2.81. The van der Waals surface area contributed by atoms with Gasteiger partial charge < -0.3 is 10.1 Å². The van der Waals surface area contributed by atoms with Crippen molar-refractivity contribution in [2.24, 2.45) is 22.2 Å². The van der Waals surface area contributed by atoms with E-state index in [1.807, 2.05) is 18.2 Å². The third kappa shape index (κ3) is 1.28. The molecule has 7 rings (SSSR count). The first-order valence-electron chi connectivity index (χ1n) is 8.21. The summed E-state index contributed by atoms with van der Waals surface area (Å²) < 4.78 is 6.29. The highest BCUT2D eigenvalue weighted by molar-refractivity contribution is 7.22. The van der Waals surface area contributed by atoms with Crippen molar-refractivity contribution in [2.75, 3.05) is 12.4 Å². The summed E-state index contributed by atoms with van der Waals surface area (Å²) in [6, 6.07) is 5.81. The van der Waals surface area contributed by atoms with E-state index in [2.05, 4.69) is 24.1 Å². The molecule has 5 aliphatic carbocycles. The lowest BCUT2D eigenvalue weighted by atomic mass is 9.21. The van der Waals surface area contributed by atoms with E-state index in [4.69, 9.17) is 4.74 Å². The SMILES string of the molecule is COc1ccc2nc(NC(=O)[C@@]34C[C@@]5(C)[C@@H]3CC[C@]54C)sc2c1. The molecule has 23 heavy (non-hydrogen) atoms. The molecule has 1 heterocycles. The van der Waals surface area contributed by atoms with Crippen molar-refractivity contribution >= 4 is 32.6 Å². The number of nitrogens with one attached hydrogen (secondary N) is 1. The van der Waals surface area contributed by atoms with Crippen molar-refractivity contribution in [2.45, 2.75) is 33.1 Å². The molecule has 5 aliphatic rings. The minimum absolute atomic E-state index is 0.128. The molecule has 0 aliphatic heterocycles. The highest BCUT2D eigenvalue weighted by atomic mass is 32.1. The molecule has 5 heteroatoms. The number of hydrogen-bond acceptors (Lipinski definition) is 4. The minimum atomic E-state index is -0.128. The Labute approximate surface area is 139 Å². The van der Waals surface area contributed by atoms with E-state index >= 15 is 0 Å². The number of carbonyl (C=O) groups excluding carboxylic acids is 1. The van der Waals surface area contributed by atoms with Crippen LogP contribution in [0.4, 0.5) is 5.13 Å². The summed E-state index contributed by atoms with van der Waals surface area (Å²) in [5, 5.41) is 3.82. The summed E-state index contributed by atoms with van der Waals surface area (Å²) in [4.78, 5) is 17.6. The van der Waals surface area contributed by atoms with Crippen LogP contribution in [0.3, 0.4) is 0 Å². The van der Waals surface area contributed by atoms with Gasteiger partial charge in [-0.15, -0.1) is 0 Å². The van der Waals surface area contributed by atoms with E-state index < -0.39 is 0 Å². The smallest absolute Gasteiger partial charge is 0.233 e. The number of fused-ring (bicyclic) bond motifs is 2. The third-order valence-corrected chi connectivity index (χ3v) is 8.34. The van der Waals surface area contributed by atoms with Crippen LogP contribution in [0, 0.1) is 22.2 Å². The van der Waals surface area contributed by atoms with Gasteiger partial charge in [-0.1, -0.05) is 25.2 Å². The molecular formula is C18H20N2O2S. The van der Waals surface area contributed by atoms with Gasteiger partial charge in [-0.05, 0) is 54.2 Å². The molecule has 1 aromatic carbocycles. The number of nitrogens with zero attached hydrogens (tertiary/aromatic N) is 1. The normalized spacial score (nSPS) is 39.7. The van der Waals surface area contributed by atoms with Crippen molar-refractivity contribution < 1.29 is 9.53 Å². The van der Waals surface area contributed by atoms with Crippen molar-refractivity contribution in [1.29, 1.82) is 0 Å². The molecule has 4 bridgehead atoms. The topological polar surface area (TPSA) is 51.2 Å². The van der Waals surface area contributed by atoms with Crippen molar-refractivity contribution in [3.8, 4) is 5.75 Å². The molecule has 0 unspecified atom stereocenters. The van der Waals surface area contributed by atoms with E-state index in [-0.39, 0.29) is 16.7 Å². The number of amides is 1. The number of aromatic nitrogens is 1. The first-order valence-corrected chi connectivity index (χ1v) is 9.02. The van der Waals surface area contributed by atoms with Gasteiger partial charge in [0.15, 0.2) is 5.13 Å². The fourth-order valence-electron chi connectivity index (χ4n) is 6.01. The van der Waals surface area contributed by atoms with Gasteiger partial charge in [-0.2, -0.15) is 0 Å². The fourth-order valence-corrected chi connectivity index (χ4v) is 6.90. The Morgan fingerprint density at radius 3 is 2.91 bits per heavy atom. The molecule has 5 fully saturated rings. The van der Waals surface area contributed by atoms with Crippen LogP contribution in [0.5, 0.6) is 5.75 Å². The number of hydrogen-bond donors (Lipinski definition) is 1. The first kappa shape index (κ1) is 13.8. The van der Waals surface area contributed by atoms with Gasteiger partial charge in [-0.3, -0.25) is 4.79 Å². The zero-order valence-corrected chi connectivity index (χ0v) is 14.4. The average molecular weight is 328 g/mol. The molecule has 0 radical (unpaired) electrons. The van der Waals surface area contributed by atoms with E-state index in [1.165, 1.54) is 24.2 Å². The summed E-state index contributed by atoms with van der Waals surface area (Å²) in [6.45, 7) is 4.67. The Balaban J connectivity index is 1.44. The maximum Gasteiger partial charge on any atom is 0.233 e. The monoisotopic (exact) mass is 328 g/mol. The van der Waals surface area contributed by atoms with Crippen LogP contribution in [0.2, 0.25) is 0 Å². The van der Waals surface area contributed by atoms with Gasteiger partial charge >= 0.3 is 0 Å². The second-order valence-electron chi connectivity index (χ2n) is 7.80. The summed E-state index contributed by atoms with van der Waals surface area (Å²) >= 11 is 1.52. The zero-order chi connectivity index (χ0) is 16.0. The van der Waals surface area contributed by atoms with E-state index in [0.29, 0.717) is 16.5 Å². The number of rotatable bonds is 3. The van der Waals surface area contributed by atoms with E-state index in [9.17, 15) is 4.79 Å². The number of carbonyl (C=O) groups is 1. The molecule has 5 saturated carbocycles. The lowest BCUT2D eigenvalue weighted by molar-refractivity contribution is -0.326. The zero-order valence-electron chi connectivity index (χ0n) is 13.6. The summed E-state index contributed by atoms with van der Waals surface area (Å²) in [7, 11) is 1.66. The molecule has 4 atom stereocenters. The number of thiazole rings is 1. The minimum Gasteiger partial charge on any atom is -0.497 e. The van der Waals surface area contributed by atoms with Gasteiger partial charge in [0.05, 0.1) is 22.7 Å². The van der Waals surface area contributed by atoms with E-state index in [1.54, 1.807) is 7.11 Å². The van der Waals surface area contributed by atoms with Crippen LogP contribution in [0.15, 0.2) is 18.2 Å². The molecule has 1 N–H and O–H groups in total. The Kier molecular flexibility index (Phi) is 2.33. The maximum atomic E-state index is 13.0. The van der Waals surface area contributed by atoms with Crippen LogP contribution < -0.4 is 10.1 Å². The maximum absolute atomic E-state index is 13.0. The molecule has 1 aromatic heterocycles. The summed E-state index contributed by atoms with van der Waals surface area (Å²) in [6.07, 6.45) is 3.45. The fraction of sp³-hybridized carbons (Fsp3) is 0.556. The first-order chi connectivity index (χ1) is 10.9. The highest BCUT2D eigenvalue weighted by Crippen LogP contribution is 2.93. The Bertz CT molecular complexity index is 862. The number of benzene rings is 1. The second kappa shape index (κ2) is 3.89. The predicted molar refractivity (Wildman–Crippen MR) is 90.8 cm³/mol. The van der Waals surface area contributed by atoms with Crippen LogP contribution in [-0.4, -0.2) is 18.0 Å². The van der Waals surface area contributed by atoms with Gasteiger partial charge in [-0.25, -0.2) is 4.98 Å². The summed E-state index contributed by atoms with van der Waals surface area (Å²) in [5.41, 5.74) is 1.39. The standard InChI is InChI=1S/C18H20N2O2S/c1-16-9-18(13(16)6-7-17(16,18)2)14(21)20-15-19-11-5-4-10(22-3)8-12(11)23-15/h4-5,8,13H,6-7,9H2,1-3H3,(H,19,20,21)/t13-,16-,17+,18+/m0/s1. The molecule has 120 valence electrons. The Morgan fingerprint density at radius 1 is 1.43 bits per heavy atom. The highest BCUT2D eigenvalue weighted by Gasteiger charge is 2.91. The van der Waals surface area contributed by atoms with Crippen molar-refractivity contribution in [1.82, 2.24) is 4.98 Å². The number of methoxy groups -OCH3 is 1. The van der Waals surface area contributed by atoms with Gasteiger partial charge in [0.25, 0.3) is 0 Å². The predicted octanol–water partition coefficient (Wildman–Crippen LogP) is 4.07. The number of ether oxygens (including phenoxy) is 1. The van der Waals surface area contributed by atoms with Gasteiger partial charge in [0.1, 0.15) is 5.75 Å². The molecular weight excluding hydrogens is 308 g/mol. The Morgan fingerprint density at radius 2 is 2.26 bits per heavy atom. The van der Waals surface area contributed by atoms with Gasteiger partial charge in [0, 0.05) is 0 Å². The van der Waals surface area contributed by atoms with Crippen LogP contribution >= 0.6 is 11.3 Å². The third-order valence-electron chi connectivity index (χ3n) is 7.41. The molecule has 0 spiro atoms. The molecule has 2 aromatic rings. The Hall–Kier alpha value is -1.62. The van der Waals surface area contributed by atoms with Gasteiger partial charge in [0.2, 0.25) is 5.91 Å². The molecule has 1 amide bonds. The molecule has 0 saturated heterocycles. The quantitative estimate of drug-likeness (QED) is 0.924. The lowest BCUT2D eigenvalue weighted by Crippen LogP contribution is -2.81. The molecule has 4 nitrogen and oxygen atoms in total. The van der Waals surface area contributed by atoms with Crippen LogP contribution in [-0.2, 0) is 4.79 Å². The van der Waals surface area contributed by atoms with Crippen LogP contribution in [0.1, 0.15) is 33.1 Å². The van der Waals surface area contributed by atoms with E-state index in [0.717, 1.165) is 22.4 Å². The van der Waals surface area contributed by atoms with Crippen LogP contribution in [0.25, 0.3) is 10.2 Å².